The summed E-state index contributed by atoms with van der Waals surface area (Å²) in [6, 6.07) is 3.67. The molecule has 1 aromatic carbocycles. The molecule has 0 spiro atoms. The van der Waals surface area contributed by atoms with E-state index in [4.69, 9.17) is 19.3 Å². The van der Waals surface area contributed by atoms with Gasteiger partial charge >= 0.3 is 0 Å². The fourth-order valence-electron chi connectivity index (χ4n) is 1.69. The van der Waals surface area contributed by atoms with E-state index >= 15 is 0 Å². The van der Waals surface area contributed by atoms with Gasteiger partial charge in [-0.25, -0.2) is 0 Å². The van der Waals surface area contributed by atoms with Crippen LogP contribution in [-0.2, 0) is 6.54 Å². The Morgan fingerprint density at radius 3 is 2.11 bits per heavy atom. The average molecular weight is 271 g/mol. The Bertz CT molecular complexity index is 372. The van der Waals surface area contributed by atoms with Crippen molar-refractivity contribution in [3.63, 3.8) is 0 Å². The molecule has 3 N–H and O–H groups in total. The summed E-state index contributed by atoms with van der Waals surface area (Å²) in [5, 5.41) is 21.0. The number of nitrogens with one attached hydrogen (secondary N) is 1. The Kier molecular flexibility index (Phi) is 6.41. The van der Waals surface area contributed by atoms with Crippen molar-refractivity contribution in [2.24, 2.45) is 0 Å². The van der Waals surface area contributed by atoms with Gasteiger partial charge in [-0.15, -0.1) is 0 Å². The molecular formula is C13H21NO5. The molecule has 1 rings (SSSR count). The number of benzene rings is 1. The minimum Gasteiger partial charge on any atom is -0.493 e. The lowest BCUT2D eigenvalue weighted by molar-refractivity contribution is 0.0942. The Morgan fingerprint density at radius 1 is 1.11 bits per heavy atom. The van der Waals surface area contributed by atoms with Crippen LogP contribution in [-0.4, -0.2) is 50.8 Å². The molecule has 19 heavy (non-hydrogen) atoms. The average Bonchev–Trinajstić information content (AvgIpc) is 2.45. The van der Waals surface area contributed by atoms with E-state index in [0.717, 1.165) is 5.56 Å². The van der Waals surface area contributed by atoms with Gasteiger partial charge in [-0.3, -0.25) is 0 Å². The molecule has 1 atom stereocenters. The predicted molar refractivity (Wildman–Crippen MR) is 70.9 cm³/mol. The second-order valence-electron chi connectivity index (χ2n) is 4.00. The van der Waals surface area contributed by atoms with Gasteiger partial charge in [0.1, 0.15) is 0 Å². The SMILES string of the molecule is COc1cc(CNC[C@@H](O)CO)cc(OC)c1OC. The van der Waals surface area contributed by atoms with Crippen LogP contribution in [0.5, 0.6) is 17.2 Å². The lowest BCUT2D eigenvalue weighted by atomic mass is 10.1. The Labute approximate surface area is 112 Å². The first-order chi connectivity index (χ1) is 9.15. The van der Waals surface area contributed by atoms with Crippen molar-refractivity contribution in [3.05, 3.63) is 17.7 Å². The first-order valence-corrected chi connectivity index (χ1v) is 5.94. The Balaban J connectivity index is 2.79. The summed E-state index contributed by atoms with van der Waals surface area (Å²) in [5.74, 6) is 1.71. The molecule has 1 aromatic rings. The third-order valence-corrected chi connectivity index (χ3v) is 2.64. The van der Waals surface area contributed by atoms with Gasteiger partial charge < -0.3 is 29.7 Å². The van der Waals surface area contributed by atoms with Crippen molar-refractivity contribution in [1.82, 2.24) is 5.32 Å². The number of rotatable bonds is 8. The van der Waals surface area contributed by atoms with Crippen molar-refractivity contribution in [2.75, 3.05) is 34.5 Å². The summed E-state index contributed by atoms with van der Waals surface area (Å²) in [6.07, 6.45) is -0.762. The number of aliphatic hydroxyl groups is 2. The summed E-state index contributed by atoms with van der Waals surface area (Å²) in [6.45, 7) is 0.573. The summed E-state index contributed by atoms with van der Waals surface area (Å²) in [5.41, 5.74) is 0.930. The van der Waals surface area contributed by atoms with Gasteiger partial charge in [-0.05, 0) is 17.7 Å². The number of aliphatic hydroxyl groups excluding tert-OH is 2. The van der Waals surface area contributed by atoms with E-state index in [1.165, 1.54) is 0 Å². The molecule has 0 amide bonds. The van der Waals surface area contributed by atoms with Crippen molar-refractivity contribution in [2.45, 2.75) is 12.6 Å². The van der Waals surface area contributed by atoms with Crippen LogP contribution in [0.25, 0.3) is 0 Å². The monoisotopic (exact) mass is 271 g/mol. The molecule has 0 saturated heterocycles. The second-order valence-corrected chi connectivity index (χ2v) is 4.00. The molecule has 0 saturated carbocycles. The minimum atomic E-state index is -0.762. The molecule has 0 aliphatic rings. The third-order valence-electron chi connectivity index (χ3n) is 2.64. The van der Waals surface area contributed by atoms with E-state index in [0.29, 0.717) is 30.3 Å². The van der Waals surface area contributed by atoms with E-state index in [-0.39, 0.29) is 6.61 Å². The van der Waals surface area contributed by atoms with Gasteiger partial charge in [0.15, 0.2) is 11.5 Å². The summed E-state index contributed by atoms with van der Waals surface area (Å²) < 4.78 is 15.7. The highest BCUT2D eigenvalue weighted by Crippen LogP contribution is 2.38. The molecule has 0 aliphatic carbocycles. The van der Waals surface area contributed by atoms with E-state index in [1.54, 1.807) is 21.3 Å². The van der Waals surface area contributed by atoms with Crippen LogP contribution in [0.1, 0.15) is 5.56 Å². The largest absolute Gasteiger partial charge is 0.493 e. The highest BCUT2D eigenvalue weighted by Gasteiger charge is 2.13. The predicted octanol–water partition coefficient (Wildman–Crippen LogP) is 0.155. The molecule has 0 bridgehead atoms. The fraction of sp³-hybridized carbons (Fsp3) is 0.538. The Hall–Kier alpha value is -1.50. The van der Waals surface area contributed by atoms with Gasteiger partial charge in [0, 0.05) is 13.1 Å². The van der Waals surface area contributed by atoms with E-state index in [2.05, 4.69) is 5.32 Å². The second kappa shape index (κ2) is 7.83. The van der Waals surface area contributed by atoms with Crippen molar-refractivity contribution < 1.29 is 24.4 Å². The van der Waals surface area contributed by atoms with Crippen LogP contribution in [0.15, 0.2) is 12.1 Å². The molecule has 0 heterocycles. The number of ether oxygens (including phenoxy) is 3. The Morgan fingerprint density at radius 2 is 1.68 bits per heavy atom. The van der Waals surface area contributed by atoms with Crippen molar-refractivity contribution in [1.29, 1.82) is 0 Å². The summed E-state index contributed by atoms with van der Waals surface area (Å²) in [4.78, 5) is 0. The zero-order chi connectivity index (χ0) is 14.3. The van der Waals surface area contributed by atoms with E-state index < -0.39 is 6.10 Å². The van der Waals surface area contributed by atoms with Gasteiger partial charge in [-0.1, -0.05) is 0 Å². The maximum atomic E-state index is 9.24. The molecule has 0 unspecified atom stereocenters. The fourth-order valence-corrected chi connectivity index (χ4v) is 1.69. The zero-order valence-corrected chi connectivity index (χ0v) is 11.5. The normalized spacial score (nSPS) is 12.1. The molecule has 6 nitrogen and oxygen atoms in total. The van der Waals surface area contributed by atoms with Gasteiger partial charge in [0.25, 0.3) is 0 Å². The topological polar surface area (TPSA) is 80.2 Å². The molecule has 6 heteroatoms. The van der Waals surface area contributed by atoms with Crippen LogP contribution in [0.4, 0.5) is 0 Å². The van der Waals surface area contributed by atoms with Gasteiger partial charge in [0.2, 0.25) is 5.75 Å². The molecule has 0 aromatic heterocycles. The first-order valence-electron chi connectivity index (χ1n) is 5.94. The smallest absolute Gasteiger partial charge is 0.203 e. The highest BCUT2D eigenvalue weighted by molar-refractivity contribution is 5.53. The molecule has 0 aliphatic heterocycles. The standard InChI is InChI=1S/C13H21NO5/c1-17-11-4-9(6-14-7-10(16)8-15)5-12(18-2)13(11)19-3/h4-5,10,14-16H,6-8H2,1-3H3/t10-/m1/s1. The van der Waals surface area contributed by atoms with Crippen LogP contribution in [0.2, 0.25) is 0 Å². The molecular weight excluding hydrogens is 250 g/mol. The van der Waals surface area contributed by atoms with E-state index in [9.17, 15) is 5.11 Å². The van der Waals surface area contributed by atoms with Crippen molar-refractivity contribution in [3.8, 4) is 17.2 Å². The lowest BCUT2D eigenvalue weighted by Gasteiger charge is -2.15. The summed E-state index contributed by atoms with van der Waals surface area (Å²) >= 11 is 0. The highest BCUT2D eigenvalue weighted by atomic mass is 16.5. The first kappa shape index (κ1) is 15.6. The summed E-state index contributed by atoms with van der Waals surface area (Å²) in [7, 11) is 4.67. The quantitative estimate of drug-likeness (QED) is 0.625. The number of methoxy groups -OCH3 is 3. The minimum absolute atomic E-state index is 0.262. The zero-order valence-electron chi connectivity index (χ0n) is 11.5. The lowest BCUT2D eigenvalue weighted by Crippen LogP contribution is -2.28. The number of hydrogen-bond acceptors (Lipinski definition) is 6. The number of hydrogen-bond donors (Lipinski definition) is 3. The molecule has 0 radical (unpaired) electrons. The maximum absolute atomic E-state index is 9.24. The van der Waals surface area contributed by atoms with Gasteiger partial charge in [0.05, 0.1) is 34.0 Å². The van der Waals surface area contributed by atoms with E-state index in [1.807, 2.05) is 12.1 Å². The van der Waals surface area contributed by atoms with Crippen LogP contribution in [0.3, 0.4) is 0 Å². The third kappa shape index (κ3) is 4.27. The van der Waals surface area contributed by atoms with Crippen LogP contribution >= 0.6 is 0 Å². The van der Waals surface area contributed by atoms with Crippen LogP contribution < -0.4 is 19.5 Å². The van der Waals surface area contributed by atoms with Gasteiger partial charge in [-0.2, -0.15) is 0 Å². The molecule has 0 fully saturated rings. The maximum Gasteiger partial charge on any atom is 0.203 e. The van der Waals surface area contributed by atoms with Crippen molar-refractivity contribution >= 4 is 0 Å². The van der Waals surface area contributed by atoms with Crippen LogP contribution in [0, 0.1) is 0 Å². The molecule has 108 valence electrons.